The van der Waals surface area contributed by atoms with Crippen molar-refractivity contribution in [1.29, 1.82) is 0 Å². The number of hydrogen-bond donors (Lipinski definition) is 2. The largest absolute Gasteiger partial charge is 0.180 e. The lowest BCUT2D eigenvalue weighted by atomic mass is 10.8. The molecule has 0 aliphatic heterocycles. The average Bonchev–Trinajstić information content (AvgIpc) is 2.84. The van der Waals surface area contributed by atoms with Gasteiger partial charge in [-0.25, -0.2) is 0 Å². The normalized spacial score (nSPS) is 25.1. The van der Waals surface area contributed by atoms with E-state index in [2.05, 4.69) is 25.6 Å². The summed E-state index contributed by atoms with van der Waals surface area (Å²) in [5.74, 6) is 0. The zero-order valence-corrected chi connectivity index (χ0v) is 8.79. The maximum atomic E-state index is 4.35. The molecule has 0 heterocycles. The van der Waals surface area contributed by atoms with Crippen molar-refractivity contribution in [3.8, 4) is 0 Å². The van der Waals surface area contributed by atoms with Crippen molar-refractivity contribution in [3.63, 3.8) is 0 Å². The van der Waals surface area contributed by atoms with E-state index in [0.29, 0.717) is 12.1 Å². The third-order valence-electron chi connectivity index (χ3n) is 1.89. The summed E-state index contributed by atoms with van der Waals surface area (Å²) in [4.78, 5) is 0. The predicted molar refractivity (Wildman–Crippen MR) is 55.3 cm³/mol. The molecule has 5 heteroatoms. The minimum atomic E-state index is 0.691. The minimum absolute atomic E-state index is 0.691. The van der Waals surface area contributed by atoms with Crippen LogP contribution in [0, 0.1) is 0 Å². The van der Waals surface area contributed by atoms with E-state index in [0.717, 1.165) is 0 Å². The third-order valence-corrected chi connectivity index (χ3v) is 3.91. The Labute approximate surface area is 83.0 Å². The predicted octanol–water partition coefficient (Wildman–Crippen LogP) is 2.17. The summed E-state index contributed by atoms with van der Waals surface area (Å²) in [6, 6.07) is 1.38. The van der Waals surface area contributed by atoms with E-state index < -0.39 is 0 Å². The molecule has 2 aliphatic rings. The van der Waals surface area contributed by atoms with Gasteiger partial charge in [0.2, 0.25) is 0 Å². The lowest BCUT2D eigenvalue weighted by Crippen LogP contribution is -2.14. The van der Waals surface area contributed by atoms with Gasteiger partial charge in [0.1, 0.15) is 0 Å². The summed E-state index contributed by atoms with van der Waals surface area (Å²) < 4.78 is 4.04. The van der Waals surface area contributed by atoms with Gasteiger partial charge in [0.25, 0.3) is 0 Å². The zero-order valence-electron chi connectivity index (χ0n) is 6.18. The van der Waals surface area contributed by atoms with Gasteiger partial charge in [-0.15, -0.1) is 0 Å². The summed E-state index contributed by atoms with van der Waals surface area (Å²) in [7, 11) is 0. The van der Waals surface area contributed by atoms with Crippen LogP contribution in [0.2, 0.25) is 0 Å². The van der Waals surface area contributed by atoms with Crippen molar-refractivity contribution in [2.45, 2.75) is 37.8 Å². The fourth-order valence-corrected chi connectivity index (χ4v) is 2.78. The highest BCUT2D eigenvalue weighted by Crippen LogP contribution is 2.40. The molecule has 0 spiro atoms. The molecule has 0 bridgehead atoms. The highest BCUT2D eigenvalue weighted by Gasteiger charge is 2.33. The van der Waals surface area contributed by atoms with Gasteiger partial charge in [-0.05, 0) is 25.7 Å². The van der Waals surface area contributed by atoms with Gasteiger partial charge in [-0.2, -0.15) is 7.42 Å². The van der Waals surface area contributed by atoms with Crippen LogP contribution in [-0.2, 0) is 0 Å². The van der Waals surface area contributed by atoms with Crippen LogP contribution in [0.3, 0.4) is 0 Å². The molecule has 0 radical (unpaired) electrons. The molecule has 11 heavy (non-hydrogen) atoms. The summed E-state index contributed by atoms with van der Waals surface area (Å²) in [5, 5.41) is 0. The van der Waals surface area contributed by atoms with Gasteiger partial charge in [-0.3, -0.25) is 0 Å². The van der Waals surface area contributed by atoms with Gasteiger partial charge < -0.3 is 0 Å². The summed E-state index contributed by atoms with van der Waals surface area (Å²) in [6.45, 7) is 0. The summed E-state index contributed by atoms with van der Waals surface area (Å²) >= 11 is 10.3. The van der Waals surface area contributed by atoms with Crippen molar-refractivity contribution < 1.29 is 0 Å². The first-order chi connectivity index (χ1) is 5.27. The Kier molecular flexibility index (Phi) is 2.63. The van der Waals surface area contributed by atoms with Crippen LogP contribution in [-0.4, -0.2) is 19.5 Å². The van der Waals surface area contributed by atoms with Crippen LogP contribution in [0.4, 0.5) is 0 Å². The van der Waals surface area contributed by atoms with Crippen LogP contribution in [0.1, 0.15) is 25.7 Å². The quantitative estimate of drug-likeness (QED) is 0.540. The molecule has 0 aromatic heterocycles. The molecular weight excluding hydrogens is 196 g/mol. The van der Waals surface area contributed by atoms with E-state index in [-0.39, 0.29) is 0 Å². The molecular formula is C6H12N2S3. The van der Waals surface area contributed by atoms with E-state index in [1.54, 1.807) is 12.1 Å². The molecule has 0 saturated heterocycles. The van der Waals surface area contributed by atoms with Gasteiger partial charge in [-0.1, -0.05) is 25.6 Å². The van der Waals surface area contributed by atoms with E-state index in [9.17, 15) is 0 Å². The molecule has 0 atom stereocenters. The van der Waals surface area contributed by atoms with Gasteiger partial charge in [0.15, 0.2) is 0 Å². The van der Waals surface area contributed by atoms with Gasteiger partial charge in [0, 0.05) is 24.2 Å². The van der Waals surface area contributed by atoms with Crippen molar-refractivity contribution in [2.24, 2.45) is 0 Å². The molecule has 2 aliphatic carbocycles. The van der Waals surface area contributed by atoms with E-state index >= 15 is 0 Å². The fraction of sp³-hybridized carbons (Fsp3) is 1.00. The van der Waals surface area contributed by atoms with Crippen molar-refractivity contribution in [1.82, 2.24) is 7.42 Å². The third kappa shape index (κ3) is 2.45. The lowest BCUT2D eigenvalue weighted by molar-refractivity contribution is 0.670. The Hall–Kier alpha value is 0.970. The molecule has 0 unspecified atom stereocenters. The SMILES string of the molecule is SN(SN(S)C1CC1)C1CC1. The molecule has 0 aromatic carbocycles. The second-order valence-electron chi connectivity index (χ2n) is 3.15. The topological polar surface area (TPSA) is 6.48 Å². The maximum absolute atomic E-state index is 4.35. The molecule has 64 valence electrons. The minimum Gasteiger partial charge on any atom is -0.180 e. The van der Waals surface area contributed by atoms with Crippen molar-refractivity contribution in [3.05, 3.63) is 0 Å². The smallest absolute Gasteiger partial charge is 0.0326 e. The Morgan fingerprint density at radius 1 is 0.909 bits per heavy atom. The molecule has 2 fully saturated rings. The van der Waals surface area contributed by atoms with Crippen LogP contribution in [0.15, 0.2) is 0 Å². The van der Waals surface area contributed by atoms with E-state index in [4.69, 9.17) is 0 Å². The van der Waals surface area contributed by atoms with Crippen molar-refractivity contribution >= 4 is 37.8 Å². The fourth-order valence-electron chi connectivity index (χ4n) is 0.810. The van der Waals surface area contributed by atoms with Crippen molar-refractivity contribution in [2.75, 3.05) is 0 Å². The first-order valence-electron chi connectivity index (χ1n) is 3.91. The summed E-state index contributed by atoms with van der Waals surface area (Å²) in [6.07, 6.45) is 5.18. The Morgan fingerprint density at radius 3 is 1.55 bits per heavy atom. The molecule has 2 nitrogen and oxygen atoms in total. The lowest BCUT2D eigenvalue weighted by Gasteiger charge is -2.19. The average molecular weight is 208 g/mol. The Balaban J connectivity index is 1.69. The van der Waals surface area contributed by atoms with Crippen LogP contribution in [0.25, 0.3) is 0 Å². The monoisotopic (exact) mass is 208 g/mol. The summed E-state index contributed by atoms with van der Waals surface area (Å²) in [5.41, 5.74) is 0. The first-order valence-corrected chi connectivity index (χ1v) is 5.44. The highest BCUT2D eigenvalue weighted by atomic mass is 32.2. The van der Waals surface area contributed by atoms with E-state index in [1.807, 2.05) is 7.42 Å². The molecule has 0 aromatic rings. The Morgan fingerprint density at radius 2 is 1.27 bits per heavy atom. The molecule has 2 saturated carbocycles. The number of thiol groups is 2. The molecule has 2 rings (SSSR count). The maximum Gasteiger partial charge on any atom is 0.0326 e. The van der Waals surface area contributed by atoms with Gasteiger partial charge in [0.05, 0.1) is 0 Å². The zero-order chi connectivity index (χ0) is 7.84. The number of nitrogens with zero attached hydrogens (tertiary/aromatic N) is 2. The Bertz CT molecular complexity index is 131. The van der Waals surface area contributed by atoms with Crippen LogP contribution in [0.5, 0.6) is 0 Å². The van der Waals surface area contributed by atoms with Crippen LogP contribution >= 0.6 is 37.8 Å². The second kappa shape index (κ2) is 3.38. The first kappa shape index (κ1) is 8.56. The molecule has 0 N–H and O–H groups in total. The van der Waals surface area contributed by atoms with Crippen LogP contribution < -0.4 is 0 Å². The number of hydrogen-bond acceptors (Lipinski definition) is 5. The second-order valence-corrected chi connectivity index (χ2v) is 5.50. The highest BCUT2D eigenvalue weighted by molar-refractivity contribution is 8.09. The van der Waals surface area contributed by atoms with Gasteiger partial charge >= 0.3 is 0 Å². The standard InChI is InChI=1S/C6H12N2S3/c9-7(5-1-2-5)11-8(10)6-3-4-6/h5-6,9-10H,1-4H2. The molecule has 0 amide bonds. The van der Waals surface area contributed by atoms with E-state index in [1.165, 1.54) is 25.7 Å². The number of rotatable bonds is 4.